The number of halogens is 1. The zero-order chi connectivity index (χ0) is 20.2. The second-order valence-corrected chi connectivity index (χ2v) is 8.29. The minimum Gasteiger partial charge on any atom is -0.411 e. The van der Waals surface area contributed by atoms with Gasteiger partial charge in [0.2, 0.25) is 11.8 Å². The van der Waals surface area contributed by atoms with Crippen LogP contribution in [0.25, 0.3) is 22.7 Å². The number of benzene rings is 2. The van der Waals surface area contributed by atoms with Crippen LogP contribution in [-0.2, 0) is 4.79 Å². The average molecular weight is 443 g/mol. The minimum atomic E-state index is -0.197. The van der Waals surface area contributed by atoms with Crippen LogP contribution in [0.1, 0.15) is 5.56 Å². The highest BCUT2D eigenvalue weighted by Crippen LogP contribution is 2.29. The fourth-order valence-corrected chi connectivity index (χ4v) is 4.00. The first-order chi connectivity index (χ1) is 14.1. The van der Waals surface area contributed by atoms with Crippen LogP contribution in [0.2, 0.25) is 5.02 Å². The Labute approximate surface area is 180 Å². The molecule has 2 heterocycles. The van der Waals surface area contributed by atoms with E-state index in [4.69, 9.17) is 16.0 Å². The highest BCUT2D eigenvalue weighted by molar-refractivity contribution is 7.99. The molecule has 0 saturated carbocycles. The molecule has 146 valence electrons. The average Bonchev–Trinajstić information content (AvgIpc) is 3.37. The normalized spacial score (nSPS) is 10.8. The molecule has 6 nitrogen and oxygen atoms in total. The van der Waals surface area contributed by atoms with Gasteiger partial charge < -0.3 is 9.73 Å². The van der Waals surface area contributed by atoms with Crippen LogP contribution in [0.4, 0.5) is 5.13 Å². The molecule has 0 aliphatic rings. The molecule has 2 aromatic carbocycles. The van der Waals surface area contributed by atoms with E-state index in [1.54, 1.807) is 12.1 Å². The molecule has 1 N–H and O–H groups in total. The highest BCUT2D eigenvalue weighted by Gasteiger charge is 2.14. The fraction of sp³-hybridized carbons (Fsp3) is 0.100. The molecule has 0 aliphatic carbocycles. The number of nitrogens with zero attached hydrogens (tertiary/aromatic N) is 3. The quantitative estimate of drug-likeness (QED) is 0.394. The number of hydrogen-bond donors (Lipinski definition) is 1. The van der Waals surface area contributed by atoms with Gasteiger partial charge in [-0.05, 0) is 19.1 Å². The van der Waals surface area contributed by atoms with Gasteiger partial charge in [-0.25, -0.2) is 4.98 Å². The van der Waals surface area contributed by atoms with Gasteiger partial charge in [0.15, 0.2) is 5.13 Å². The molecule has 0 atom stereocenters. The van der Waals surface area contributed by atoms with Crippen molar-refractivity contribution in [3.05, 3.63) is 64.5 Å². The molecular weight excluding hydrogens is 428 g/mol. The Morgan fingerprint density at radius 2 is 1.97 bits per heavy atom. The summed E-state index contributed by atoms with van der Waals surface area (Å²) in [7, 11) is 0. The van der Waals surface area contributed by atoms with E-state index < -0.39 is 0 Å². The Morgan fingerprint density at radius 3 is 2.76 bits per heavy atom. The van der Waals surface area contributed by atoms with Crippen molar-refractivity contribution in [3.8, 4) is 22.7 Å². The molecule has 0 radical (unpaired) electrons. The first-order valence-corrected chi connectivity index (χ1v) is 10.9. The number of carbonyl (C=O) groups excluding carboxylic acids is 1. The number of aryl methyl sites for hydroxylation is 1. The van der Waals surface area contributed by atoms with E-state index in [0.29, 0.717) is 26.8 Å². The number of thioether (sulfide) groups is 1. The maximum atomic E-state index is 12.2. The van der Waals surface area contributed by atoms with Gasteiger partial charge in [-0.15, -0.1) is 21.5 Å². The summed E-state index contributed by atoms with van der Waals surface area (Å²) in [6.45, 7) is 2.04. The minimum absolute atomic E-state index is 0.129. The maximum absolute atomic E-state index is 12.2. The molecule has 1 amide bonds. The van der Waals surface area contributed by atoms with Crippen LogP contribution >= 0.6 is 34.7 Å². The molecule has 0 spiro atoms. The molecule has 4 aromatic rings. The van der Waals surface area contributed by atoms with Crippen LogP contribution in [-0.4, -0.2) is 26.8 Å². The molecule has 0 fully saturated rings. The predicted octanol–water partition coefficient (Wildman–Crippen LogP) is 5.55. The van der Waals surface area contributed by atoms with Gasteiger partial charge in [0, 0.05) is 10.9 Å². The number of carbonyl (C=O) groups is 1. The van der Waals surface area contributed by atoms with Gasteiger partial charge in [-0.1, -0.05) is 65.3 Å². The Morgan fingerprint density at radius 1 is 1.17 bits per heavy atom. The molecule has 4 rings (SSSR count). The largest absolute Gasteiger partial charge is 0.411 e. The third-order valence-corrected chi connectivity index (χ3v) is 5.84. The summed E-state index contributed by atoms with van der Waals surface area (Å²) in [5.74, 6) is 0.252. The summed E-state index contributed by atoms with van der Waals surface area (Å²) in [6.07, 6.45) is 0. The van der Waals surface area contributed by atoms with E-state index >= 15 is 0 Å². The van der Waals surface area contributed by atoms with Crippen molar-refractivity contribution < 1.29 is 9.21 Å². The van der Waals surface area contributed by atoms with E-state index in [-0.39, 0.29) is 11.7 Å². The second kappa shape index (κ2) is 8.77. The van der Waals surface area contributed by atoms with Crippen molar-refractivity contribution in [1.82, 2.24) is 15.2 Å². The number of aromatic nitrogens is 3. The summed E-state index contributed by atoms with van der Waals surface area (Å²) in [5, 5.41) is 14.0. The first-order valence-electron chi connectivity index (χ1n) is 8.62. The van der Waals surface area contributed by atoms with Gasteiger partial charge in [0.25, 0.3) is 5.22 Å². The summed E-state index contributed by atoms with van der Waals surface area (Å²) in [6, 6.07) is 15.3. The summed E-state index contributed by atoms with van der Waals surface area (Å²) < 4.78 is 5.59. The van der Waals surface area contributed by atoms with Crippen molar-refractivity contribution in [2.24, 2.45) is 0 Å². The number of anilines is 1. The molecule has 0 unspecified atom stereocenters. The number of hydrogen-bond acceptors (Lipinski definition) is 7. The van der Waals surface area contributed by atoms with Crippen LogP contribution in [0.15, 0.2) is 63.6 Å². The Bertz CT molecular complexity index is 1140. The van der Waals surface area contributed by atoms with E-state index in [9.17, 15) is 4.79 Å². The molecule has 0 aliphatic heterocycles. The molecule has 29 heavy (non-hydrogen) atoms. The zero-order valence-electron chi connectivity index (χ0n) is 15.3. The van der Waals surface area contributed by atoms with Gasteiger partial charge in [-0.2, -0.15) is 0 Å². The number of rotatable bonds is 6. The lowest BCUT2D eigenvalue weighted by atomic mass is 10.1. The van der Waals surface area contributed by atoms with Crippen molar-refractivity contribution in [2.45, 2.75) is 12.1 Å². The second-order valence-electron chi connectivity index (χ2n) is 6.09. The Balaban J connectivity index is 1.34. The van der Waals surface area contributed by atoms with E-state index in [0.717, 1.165) is 23.0 Å². The number of nitrogens with one attached hydrogen (secondary N) is 1. The van der Waals surface area contributed by atoms with Crippen molar-refractivity contribution in [3.63, 3.8) is 0 Å². The summed E-state index contributed by atoms with van der Waals surface area (Å²) >= 11 is 8.67. The number of amides is 1. The maximum Gasteiger partial charge on any atom is 0.277 e. The standard InChI is InChI=1S/C20H15ClN4O2S2/c1-12-6-8-13(9-7-12)16-10-28-19(22-16)23-17(26)11-29-20-25-24-18(27-20)14-4-2-3-5-15(14)21/h2-10H,11H2,1H3,(H,22,23,26). The topological polar surface area (TPSA) is 80.9 Å². The van der Waals surface area contributed by atoms with Gasteiger partial charge in [0.1, 0.15) is 0 Å². The Kier molecular flexibility index (Phi) is 5.94. The van der Waals surface area contributed by atoms with Gasteiger partial charge >= 0.3 is 0 Å². The molecule has 0 bridgehead atoms. The lowest BCUT2D eigenvalue weighted by Crippen LogP contribution is -2.13. The third-order valence-electron chi connectivity index (χ3n) is 3.94. The highest BCUT2D eigenvalue weighted by atomic mass is 35.5. The molecular formula is C20H15ClN4O2S2. The predicted molar refractivity (Wildman–Crippen MR) is 116 cm³/mol. The molecule has 0 saturated heterocycles. The lowest BCUT2D eigenvalue weighted by molar-refractivity contribution is -0.113. The third kappa shape index (κ3) is 4.84. The van der Waals surface area contributed by atoms with Crippen molar-refractivity contribution in [1.29, 1.82) is 0 Å². The van der Waals surface area contributed by atoms with E-state index in [1.807, 2.05) is 48.7 Å². The SMILES string of the molecule is Cc1ccc(-c2csc(NC(=O)CSc3nnc(-c4ccccc4Cl)o3)n2)cc1. The van der Waals surface area contributed by atoms with Crippen molar-refractivity contribution >= 4 is 45.7 Å². The number of thiazole rings is 1. The fourth-order valence-electron chi connectivity index (χ4n) is 2.48. The van der Waals surface area contributed by atoms with Crippen molar-refractivity contribution in [2.75, 3.05) is 11.1 Å². The monoisotopic (exact) mass is 442 g/mol. The van der Waals surface area contributed by atoms with Crippen LogP contribution < -0.4 is 5.32 Å². The molecule has 9 heteroatoms. The van der Waals surface area contributed by atoms with Gasteiger partial charge in [-0.3, -0.25) is 4.79 Å². The van der Waals surface area contributed by atoms with Crippen LogP contribution in [0.3, 0.4) is 0 Å². The van der Waals surface area contributed by atoms with E-state index in [2.05, 4.69) is 20.5 Å². The lowest BCUT2D eigenvalue weighted by Gasteiger charge is -2.00. The summed E-state index contributed by atoms with van der Waals surface area (Å²) in [5.41, 5.74) is 3.69. The van der Waals surface area contributed by atoms with Gasteiger partial charge in [0.05, 0.1) is 22.0 Å². The van der Waals surface area contributed by atoms with E-state index in [1.165, 1.54) is 16.9 Å². The van der Waals surface area contributed by atoms with Crippen LogP contribution in [0.5, 0.6) is 0 Å². The zero-order valence-corrected chi connectivity index (χ0v) is 17.6. The smallest absolute Gasteiger partial charge is 0.277 e. The molecule has 2 aromatic heterocycles. The van der Waals surface area contributed by atoms with Crippen LogP contribution in [0, 0.1) is 6.92 Å². The first kappa shape index (κ1) is 19.6. The summed E-state index contributed by atoms with van der Waals surface area (Å²) in [4.78, 5) is 16.7. The Hall–Kier alpha value is -2.68.